The molecule has 0 saturated heterocycles. The maximum absolute atomic E-state index is 12.0. The lowest BCUT2D eigenvalue weighted by Gasteiger charge is -2.07. The molecule has 1 aliphatic rings. The molecule has 1 heterocycles. The third-order valence-corrected chi connectivity index (χ3v) is 4.54. The van der Waals surface area contributed by atoms with Crippen LogP contribution < -0.4 is 10.0 Å². The van der Waals surface area contributed by atoms with Crippen molar-refractivity contribution in [1.29, 1.82) is 0 Å². The lowest BCUT2D eigenvalue weighted by molar-refractivity contribution is -0.645. The minimum atomic E-state index is -0.0956. The molecule has 0 bridgehead atoms. The van der Waals surface area contributed by atoms with Gasteiger partial charge >= 0.3 is 0 Å². The number of rotatable bonds is 4. The number of nitrogens with zero attached hydrogens (tertiary/aromatic N) is 1. The van der Waals surface area contributed by atoms with Crippen molar-refractivity contribution in [2.75, 3.05) is 11.1 Å². The number of hydrogen-bond acceptors (Lipinski definition) is 3. The van der Waals surface area contributed by atoms with Gasteiger partial charge in [0, 0.05) is 17.8 Å². The number of carbonyl (C=O) groups excluding carboxylic acids is 1. The summed E-state index contributed by atoms with van der Waals surface area (Å²) in [7, 11) is 0. The lowest BCUT2D eigenvalue weighted by atomic mass is 10.1. The van der Waals surface area contributed by atoms with Gasteiger partial charge in [0.2, 0.25) is 5.91 Å². The quantitative estimate of drug-likeness (QED) is 0.536. The molecule has 0 aliphatic heterocycles. The maximum Gasteiger partial charge on any atom is 0.251 e. The predicted octanol–water partition coefficient (Wildman–Crippen LogP) is 2.54. The van der Waals surface area contributed by atoms with Gasteiger partial charge in [0.15, 0.2) is 6.20 Å². The molecule has 4 nitrogen and oxygen atoms in total. The van der Waals surface area contributed by atoms with Crippen LogP contribution >= 0.6 is 11.8 Å². The van der Waals surface area contributed by atoms with Gasteiger partial charge in [-0.3, -0.25) is 4.79 Å². The molecule has 0 fully saturated rings. The van der Waals surface area contributed by atoms with Gasteiger partial charge in [-0.25, -0.2) is 0 Å². The highest BCUT2D eigenvalue weighted by atomic mass is 32.2. The Morgan fingerprint density at radius 1 is 1.24 bits per heavy atom. The second-order valence-corrected chi connectivity index (χ2v) is 6.03. The van der Waals surface area contributed by atoms with Gasteiger partial charge in [-0.2, -0.15) is 4.73 Å². The van der Waals surface area contributed by atoms with Crippen molar-refractivity contribution in [3.63, 3.8) is 0 Å². The molecule has 21 heavy (non-hydrogen) atoms. The molecular formula is C16H16N2O2S. The SMILES string of the molecule is O=C(CSc1cccc[n+]1[O-])Nc1ccc2c(c1)CCC2. The fourth-order valence-corrected chi connectivity index (χ4v) is 3.22. The van der Waals surface area contributed by atoms with E-state index >= 15 is 0 Å². The fraction of sp³-hybridized carbons (Fsp3) is 0.250. The summed E-state index contributed by atoms with van der Waals surface area (Å²) in [6, 6.07) is 11.3. The Morgan fingerprint density at radius 2 is 2.10 bits per heavy atom. The number of aromatic nitrogens is 1. The Hall–Kier alpha value is -2.01. The summed E-state index contributed by atoms with van der Waals surface area (Å²) in [6.07, 6.45) is 4.85. The molecule has 0 spiro atoms. The van der Waals surface area contributed by atoms with Crippen LogP contribution in [0.4, 0.5) is 5.69 Å². The van der Waals surface area contributed by atoms with E-state index in [1.807, 2.05) is 6.07 Å². The van der Waals surface area contributed by atoms with Crippen LogP contribution in [0.25, 0.3) is 0 Å². The third kappa shape index (κ3) is 3.36. The second-order valence-electron chi connectivity index (χ2n) is 5.04. The first kappa shape index (κ1) is 13.9. The molecule has 0 saturated carbocycles. The third-order valence-electron chi connectivity index (χ3n) is 3.52. The Morgan fingerprint density at radius 3 is 2.95 bits per heavy atom. The summed E-state index contributed by atoms with van der Waals surface area (Å²) in [5.41, 5.74) is 3.56. The van der Waals surface area contributed by atoms with Crippen molar-refractivity contribution in [1.82, 2.24) is 0 Å². The van der Waals surface area contributed by atoms with Gasteiger partial charge in [-0.1, -0.05) is 6.07 Å². The maximum atomic E-state index is 12.0. The first-order chi connectivity index (χ1) is 10.2. The average molecular weight is 300 g/mol. The van der Waals surface area contributed by atoms with Crippen molar-refractivity contribution >= 4 is 23.4 Å². The van der Waals surface area contributed by atoms with Crippen LogP contribution in [0.5, 0.6) is 0 Å². The van der Waals surface area contributed by atoms with Gasteiger partial charge in [-0.15, -0.1) is 0 Å². The van der Waals surface area contributed by atoms with Crippen molar-refractivity contribution < 1.29 is 9.52 Å². The molecule has 1 aromatic carbocycles. The van der Waals surface area contributed by atoms with Crippen LogP contribution in [0, 0.1) is 5.21 Å². The normalized spacial score (nSPS) is 13.0. The Balaban J connectivity index is 1.58. The van der Waals surface area contributed by atoms with Crippen LogP contribution in [0.2, 0.25) is 0 Å². The highest BCUT2D eigenvalue weighted by Crippen LogP contribution is 2.25. The molecule has 108 valence electrons. The predicted molar refractivity (Wildman–Crippen MR) is 83.2 cm³/mol. The monoisotopic (exact) mass is 300 g/mol. The Labute approximate surface area is 127 Å². The van der Waals surface area contributed by atoms with Crippen molar-refractivity contribution in [3.8, 4) is 0 Å². The van der Waals surface area contributed by atoms with E-state index in [0.717, 1.165) is 23.3 Å². The van der Waals surface area contributed by atoms with Gasteiger partial charge in [0.05, 0.1) is 5.75 Å². The van der Waals surface area contributed by atoms with E-state index in [2.05, 4.69) is 17.4 Å². The van der Waals surface area contributed by atoms with Crippen molar-refractivity contribution in [3.05, 3.63) is 58.9 Å². The zero-order chi connectivity index (χ0) is 14.7. The smallest absolute Gasteiger partial charge is 0.251 e. The molecule has 5 heteroatoms. The topological polar surface area (TPSA) is 56.0 Å². The van der Waals surface area contributed by atoms with Gasteiger partial charge < -0.3 is 10.5 Å². The summed E-state index contributed by atoms with van der Waals surface area (Å²) >= 11 is 1.24. The molecule has 2 aromatic rings. The number of anilines is 1. The molecule has 1 aromatic heterocycles. The van der Waals surface area contributed by atoms with Crippen LogP contribution in [-0.4, -0.2) is 11.7 Å². The molecule has 3 rings (SSSR count). The minimum Gasteiger partial charge on any atom is -0.618 e. The van der Waals surface area contributed by atoms with Crippen LogP contribution in [-0.2, 0) is 17.6 Å². The molecule has 0 unspecified atom stereocenters. The number of hydrogen-bond donors (Lipinski definition) is 1. The van der Waals surface area contributed by atoms with E-state index in [9.17, 15) is 10.0 Å². The van der Waals surface area contributed by atoms with Crippen LogP contribution in [0.15, 0.2) is 47.6 Å². The number of fused-ring (bicyclic) bond motifs is 1. The number of benzene rings is 1. The first-order valence-electron chi connectivity index (χ1n) is 6.95. The summed E-state index contributed by atoms with van der Waals surface area (Å²) < 4.78 is 0.771. The van der Waals surface area contributed by atoms with E-state index in [-0.39, 0.29) is 11.7 Å². The molecule has 1 N–H and O–H groups in total. The van der Waals surface area contributed by atoms with Gasteiger partial charge in [-0.05, 0) is 60.4 Å². The molecule has 1 aliphatic carbocycles. The highest BCUT2D eigenvalue weighted by molar-refractivity contribution is 7.99. The molecule has 1 amide bonds. The second kappa shape index (κ2) is 6.18. The fourth-order valence-electron chi connectivity index (χ4n) is 2.51. The van der Waals surface area contributed by atoms with Gasteiger partial charge in [0.1, 0.15) is 0 Å². The summed E-state index contributed by atoms with van der Waals surface area (Å²) in [5.74, 6) is 0.130. The van der Waals surface area contributed by atoms with Gasteiger partial charge in [0.25, 0.3) is 5.03 Å². The van der Waals surface area contributed by atoms with E-state index in [4.69, 9.17) is 0 Å². The Kier molecular flexibility index (Phi) is 4.10. The highest BCUT2D eigenvalue weighted by Gasteiger charge is 2.13. The number of aryl methyl sites for hydroxylation is 2. The summed E-state index contributed by atoms with van der Waals surface area (Å²) in [4.78, 5) is 12.0. The molecular weight excluding hydrogens is 284 g/mol. The number of pyridine rings is 1. The van der Waals surface area contributed by atoms with Crippen molar-refractivity contribution in [2.45, 2.75) is 24.3 Å². The first-order valence-corrected chi connectivity index (χ1v) is 7.93. The average Bonchev–Trinajstić information content (AvgIpc) is 2.94. The van der Waals surface area contributed by atoms with E-state index < -0.39 is 0 Å². The van der Waals surface area contributed by atoms with Crippen molar-refractivity contribution in [2.24, 2.45) is 0 Å². The lowest BCUT2D eigenvalue weighted by Crippen LogP contribution is -2.28. The Bertz CT molecular complexity index is 673. The number of thioether (sulfide) groups is 1. The largest absolute Gasteiger partial charge is 0.618 e. The number of nitrogens with one attached hydrogen (secondary N) is 1. The molecule has 0 radical (unpaired) electrons. The number of amides is 1. The van der Waals surface area contributed by atoms with E-state index in [0.29, 0.717) is 5.03 Å². The van der Waals surface area contributed by atoms with Crippen LogP contribution in [0.1, 0.15) is 17.5 Å². The zero-order valence-electron chi connectivity index (χ0n) is 11.5. The van der Waals surface area contributed by atoms with E-state index in [1.54, 1.807) is 18.2 Å². The summed E-state index contributed by atoms with van der Waals surface area (Å²) in [5, 5.41) is 14.9. The minimum absolute atomic E-state index is 0.0956. The standard InChI is InChI=1S/C16H16N2O2S/c19-15(11-21-16-6-1-2-9-18(16)20)17-14-8-7-12-4-3-5-13(12)10-14/h1-2,6-10H,3-5,11H2,(H,17,19). The molecule has 0 atom stereocenters. The zero-order valence-corrected chi connectivity index (χ0v) is 12.4. The van der Waals surface area contributed by atoms with E-state index in [1.165, 1.54) is 35.5 Å². The number of carbonyl (C=O) groups is 1. The summed E-state index contributed by atoms with van der Waals surface area (Å²) in [6.45, 7) is 0. The van der Waals surface area contributed by atoms with Crippen LogP contribution in [0.3, 0.4) is 0 Å².